The molecule has 1 unspecified atom stereocenters. The maximum absolute atomic E-state index is 12.6. The molecule has 0 radical (unpaired) electrons. The lowest BCUT2D eigenvalue weighted by Crippen LogP contribution is -2.30. The SMILES string of the molecule is CCn1c(-c2ccc3c(c2)OCCO3)cnc1SC(C)C(=O)NCc1ccc(C)cc1. The van der Waals surface area contributed by atoms with Crippen molar-refractivity contribution in [3.05, 3.63) is 59.8 Å². The van der Waals surface area contributed by atoms with E-state index in [-0.39, 0.29) is 11.2 Å². The number of nitrogens with one attached hydrogen (secondary N) is 1. The Morgan fingerprint density at radius 2 is 1.90 bits per heavy atom. The number of rotatable bonds is 7. The van der Waals surface area contributed by atoms with Crippen molar-refractivity contribution >= 4 is 17.7 Å². The van der Waals surface area contributed by atoms with Gasteiger partial charge in [0.05, 0.1) is 17.1 Å². The Labute approximate surface area is 187 Å². The van der Waals surface area contributed by atoms with Crippen molar-refractivity contribution in [3.63, 3.8) is 0 Å². The normalized spacial score (nSPS) is 13.6. The molecule has 1 aliphatic heterocycles. The number of imidazole rings is 1. The fourth-order valence-corrected chi connectivity index (χ4v) is 4.42. The van der Waals surface area contributed by atoms with Crippen LogP contribution in [0.1, 0.15) is 25.0 Å². The van der Waals surface area contributed by atoms with Crippen molar-refractivity contribution < 1.29 is 14.3 Å². The molecular weight excluding hydrogens is 410 g/mol. The third kappa shape index (κ3) is 4.88. The number of fused-ring (bicyclic) bond motifs is 1. The van der Waals surface area contributed by atoms with E-state index in [2.05, 4.69) is 40.8 Å². The quantitative estimate of drug-likeness (QED) is 0.554. The molecule has 1 amide bonds. The van der Waals surface area contributed by atoms with Crippen molar-refractivity contribution in [3.8, 4) is 22.8 Å². The molecule has 0 saturated heterocycles. The van der Waals surface area contributed by atoms with Gasteiger partial charge in [-0.25, -0.2) is 4.98 Å². The van der Waals surface area contributed by atoms with Crippen LogP contribution in [0.3, 0.4) is 0 Å². The lowest BCUT2D eigenvalue weighted by atomic mass is 10.1. The number of hydrogen-bond acceptors (Lipinski definition) is 5. The predicted molar refractivity (Wildman–Crippen MR) is 123 cm³/mol. The summed E-state index contributed by atoms with van der Waals surface area (Å²) in [6.07, 6.45) is 1.86. The van der Waals surface area contributed by atoms with Gasteiger partial charge in [-0.3, -0.25) is 4.79 Å². The fraction of sp³-hybridized carbons (Fsp3) is 0.333. The van der Waals surface area contributed by atoms with Crippen LogP contribution >= 0.6 is 11.8 Å². The molecule has 0 spiro atoms. The van der Waals surface area contributed by atoms with Crippen molar-refractivity contribution in [2.24, 2.45) is 0 Å². The lowest BCUT2D eigenvalue weighted by molar-refractivity contribution is -0.120. The van der Waals surface area contributed by atoms with Crippen LogP contribution in [0.15, 0.2) is 53.8 Å². The van der Waals surface area contributed by atoms with E-state index in [0.29, 0.717) is 19.8 Å². The second-order valence-corrected chi connectivity index (χ2v) is 8.80. The summed E-state index contributed by atoms with van der Waals surface area (Å²) in [5, 5.41) is 3.59. The summed E-state index contributed by atoms with van der Waals surface area (Å²) < 4.78 is 13.5. The number of carbonyl (C=O) groups is 1. The standard InChI is InChI=1S/C24H27N3O3S/c1-4-27-20(19-9-10-21-22(13-19)30-12-11-29-21)15-26-24(27)31-17(3)23(28)25-14-18-7-5-16(2)6-8-18/h5-10,13,15,17H,4,11-12,14H2,1-3H3,(H,25,28). The van der Waals surface area contributed by atoms with Crippen LogP contribution in [0, 0.1) is 6.92 Å². The number of thioether (sulfide) groups is 1. The van der Waals surface area contributed by atoms with E-state index < -0.39 is 0 Å². The third-order valence-corrected chi connectivity index (χ3v) is 6.32. The fourth-order valence-electron chi connectivity index (χ4n) is 3.44. The van der Waals surface area contributed by atoms with Gasteiger partial charge in [0.25, 0.3) is 0 Å². The first-order valence-electron chi connectivity index (χ1n) is 10.5. The largest absolute Gasteiger partial charge is 0.486 e. The summed E-state index contributed by atoms with van der Waals surface area (Å²) in [6, 6.07) is 14.1. The molecule has 2 heterocycles. The van der Waals surface area contributed by atoms with Crippen molar-refractivity contribution in [1.82, 2.24) is 14.9 Å². The lowest BCUT2D eigenvalue weighted by Gasteiger charge is -2.19. The number of aromatic nitrogens is 2. The van der Waals surface area contributed by atoms with Gasteiger partial charge in [0.15, 0.2) is 16.7 Å². The van der Waals surface area contributed by atoms with E-state index in [0.717, 1.165) is 40.0 Å². The monoisotopic (exact) mass is 437 g/mol. The number of ether oxygens (including phenoxy) is 2. The van der Waals surface area contributed by atoms with Gasteiger partial charge in [0.2, 0.25) is 5.91 Å². The summed E-state index contributed by atoms with van der Waals surface area (Å²) in [6.45, 7) is 8.45. The zero-order valence-corrected chi connectivity index (χ0v) is 18.9. The Kier molecular flexibility index (Phi) is 6.51. The smallest absolute Gasteiger partial charge is 0.233 e. The van der Waals surface area contributed by atoms with Gasteiger partial charge < -0.3 is 19.4 Å². The Hall–Kier alpha value is -2.93. The summed E-state index contributed by atoms with van der Waals surface area (Å²) in [5.74, 6) is 1.52. The summed E-state index contributed by atoms with van der Waals surface area (Å²) in [5.41, 5.74) is 4.31. The molecule has 31 heavy (non-hydrogen) atoms. The first-order chi connectivity index (χ1) is 15.0. The number of nitrogens with zero attached hydrogens (tertiary/aromatic N) is 2. The molecular formula is C24H27N3O3S. The van der Waals surface area contributed by atoms with Crippen LogP contribution in [0.2, 0.25) is 0 Å². The number of amides is 1. The second-order valence-electron chi connectivity index (χ2n) is 7.49. The molecule has 162 valence electrons. The van der Waals surface area contributed by atoms with Gasteiger partial charge in [-0.05, 0) is 44.5 Å². The van der Waals surface area contributed by atoms with Gasteiger partial charge in [-0.1, -0.05) is 41.6 Å². The summed E-state index contributed by atoms with van der Waals surface area (Å²) in [7, 11) is 0. The van der Waals surface area contributed by atoms with Crippen LogP contribution in [0.5, 0.6) is 11.5 Å². The minimum atomic E-state index is -0.258. The van der Waals surface area contributed by atoms with Gasteiger partial charge in [-0.15, -0.1) is 0 Å². The first kappa shape index (κ1) is 21.3. The Bertz CT molecular complexity index is 1060. The Morgan fingerprint density at radius 3 is 2.65 bits per heavy atom. The molecule has 0 aliphatic carbocycles. The van der Waals surface area contributed by atoms with E-state index in [1.807, 2.05) is 43.5 Å². The number of hydrogen-bond donors (Lipinski definition) is 1. The highest BCUT2D eigenvalue weighted by atomic mass is 32.2. The summed E-state index contributed by atoms with van der Waals surface area (Å²) >= 11 is 1.47. The zero-order valence-electron chi connectivity index (χ0n) is 18.1. The Balaban J connectivity index is 1.44. The number of benzene rings is 2. The zero-order chi connectivity index (χ0) is 21.8. The molecule has 1 aromatic heterocycles. The van der Waals surface area contributed by atoms with Crippen molar-refractivity contribution in [2.45, 2.75) is 44.3 Å². The summed E-state index contributed by atoms with van der Waals surface area (Å²) in [4.78, 5) is 17.2. The van der Waals surface area contributed by atoms with E-state index >= 15 is 0 Å². The van der Waals surface area contributed by atoms with Gasteiger partial charge in [0.1, 0.15) is 13.2 Å². The highest BCUT2D eigenvalue weighted by molar-refractivity contribution is 8.00. The average molecular weight is 438 g/mol. The molecule has 1 N–H and O–H groups in total. The van der Waals surface area contributed by atoms with Crippen LogP contribution in [0.4, 0.5) is 0 Å². The van der Waals surface area contributed by atoms with Crippen molar-refractivity contribution in [2.75, 3.05) is 13.2 Å². The average Bonchev–Trinajstić information content (AvgIpc) is 3.20. The van der Waals surface area contributed by atoms with Gasteiger partial charge in [0, 0.05) is 18.7 Å². The minimum Gasteiger partial charge on any atom is -0.486 e. The topological polar surface area (TPSA) is 65.4 Å². The van der Waals surface area contributed by atoms with Crippen LogP contribution in [-0.2, 0) is 17.9 Å². The highest BCUT2D eigenvalue weighted by Gasteiger charge is 2.20. The third-order valence-electron chi connectivity index (χ3n) is 5.21. The van der Waals surface area contributed by atoms with E-state index in [4.69, 9.17) is 9.47 Å². The molecule has 1 aliphatic rings. The molecule has 6 nitrogen and oxygen atoms in total. The Morgan fingerprint density at radius 1 is 1.16 bits per heavy atom. The number of carbonyl (C=O) groups excluding carboxylic acids is 1. The van der Waals surface area contributed by atoms with E-state index in [1.165, 1.54) is 17.3 Å². The maximum atomic E-state index is 12.6. The number of aryl methyl sites for hydroxylation is 1. The second kappa shape index (κ2) is 9.47. The molecule has 0 fully saturated rings. The van der Waals surface area contributed by atoms with Crippen LogP contribution in [0.25, 0.3) is 11.3 Å². The van der Waals surface area contributed by atoms with Crippen LogP contribution < -0.4 is 14.8 Å². The van der Waals surface area contributed by atoms with Gasteiger partial charge in [-0.2, -0.15) is 0 Å². The van der Waals surface area contributed by atoms with Gasteiger partial charge >= 0.3 is 0 Å². The minimum absolute atomic E-state index is 0.00268. The molecule has 7 heteroatoms. The van der Waals surface area contributed by atoms with E-state index in [9.17, 15) is 4.79 Å². The van der Waals surface area contributed by atoms with E-state index in [1.54, 1.807) is 0 Å². The highest BCUT2D eigenvalue weighted by Crippen LogP contribution is 2.36. The predicted octanol–water partition coefficient (Wildman–Crippen LogP) is 4.45. The first-order valence-corrected chi connectivity index (χ1v) is 11.4. The van der Waals surface area contributed by atoms with Crippen LogP contribution in [-0.4, -0.2) is 33.9 Å². The molecule has 0 saturated carbocycles. The molecule has 0 bridgehead atoms. The molecule has 1 atom stereocenters. The maximum Gasteiger partial charge on any atom is 0.233 e. The molecule has 2 aromatic carbocycles. The van der Waals surface area contributed by atoms with Crippen molar-refractivity contribution in [1.29, 1.82) is 0 Å². The molecule has 3 aromatic rings. The molecule has 4 rings (SSSR count).